The van der Waals surface area contributed by atoms with Gasteiger partial charge >= 0.3 is 23.9 Å². The van der Waals surface area contributed by atoms with Gasteiger partial charge in [-0.05, 0) is 321 Å². The molecule has 15 heteroatoms. The van der Waals surface area contributed by atoms with Gasteiger partial charge in [-0.2, -0.15) is 0 Å². The summed E-state index contributed by atoms with van der Waals surface area (Å²) >= 11 is 0. The molecule has 736 valence electrons. The maximum atomic E-state index is 12.3. The van der Waals surface area contributed by atoms with E-state index in [4.69, 9.17) is 43.7 Å². The van der Waals surface area contributed by atoms with Gasteiger partial charge in [0.1, 0.15) is 51.8 Å². The molecule has 0 radical (unpaired) electrons. The van der Waals surface area contributed by atoms with Crippen LogP contribution in [-0.2, 0) is 54.9 Å². The Bertz CT molecular complexity index is 5520. The van der Waals surface area contributed by atoms with Crippen LogP contribution in [0, 0.1) is 21.7 Å². The number of esters is 4. The fourth-order valence-corrected chi connectivity index (χ4v) is 14.8. The van der Waals surface area contributed by atoms with Crippen LogP contribution < -0.4 is 9.47 Å². The number of aliphatic hydroxyl groups is 1. The number of phenols is 4. The van der Waals surface area contributed by atoms with Crippen LogP contribution in [0.15, 0.2) is 273 Å². The third kappa shape index (κ3) is 33.8. The Morgan fingerprint density at radius 2 is 0.701 bits per heavy atom. The molecule has 1 heterocycles. The summed E-state index contributed by atoms with van der Waals surface area (Å²) in [4.78, 5) is 48.4. The van der Waals surface area contributed by atoms with Crippen molar-refractivity contribution in [3.63, 3.8) is 0 Å². The molecule has 0 amide bonds. The molecule has 1 aliphatic carbocycles. The number of rotatable bonds is 26. The molecule has 5 N–H and O–H groups in total. The lowest BCUT2D eigenvalue weighted by Gasteiger charge is -2.39. The Morgan fingerprint density at radius 1 is 0.358 bits per heavy atom. The van der Waals surface area contributed by atoms with E-state index in [1.165, 1.54) is 62.5 Å². The quantitative estimate of drug-likeness (QED) is 0.0147. The number of fused-ring (bicyclic) bond motifs is 4. The molecule has 0 spiro atoms. The lowest BCUT2D eigenvalue weighted by Crippen LogP contribution is -2.34. The van der Waals surface area contributed by atoms with Gasteiger partial charge in [0.2, 0.25) is 0 Å². The second kappa shape index (κ2) is 52.7. The number of aliphatic hydroxyl groups excluding tert-OH is 1. The molecule has 1 aliphatic heterocycles. The number of carbonyl (C=O) groups excluding carboxylic acids is 4. The van der Waals surface area contributed by atoms with Crippen molar-refractivity contribution < 1.29 is 73.1 Å². The highest BCUT2D eigenvalue weighted by Gasteiger charge is 2.40. The Hall–Kier alpha value is -11.8. The van der Waals surface area contributed by atoms with Crippen molar-refractivity contribution in [1.29, 1.82) is 0 Å². The van der Waals surface area contributed by atoms with Gasteiger partial charge in [0.15, 0.2) is 6.29 Å². The van der Waals surface area contributed by atoms with E-state index in [9.17, 15) is 29.4 Å². The number of hydrogen-bond donors (Lipinski definition) is 5. The Labute approximate surface area is 819 Å². The molecule has 137 heavy (non-hydrogen) atoms. The Kier molecular flexibility index (Phi) is 43.1. The molecular weight excluding hydrogens is 1710 g/mol. The van der Waals surface area contributed by atoms with Crippen LogP contribution >= 0.6 is 0 Å². The normalized spacial score (nSPS) is 14.5. The molecule has 1 fully saturated rings. The summed E-state index contributed by atoms with van der Waals surface area (Å²) in [5, 5.41) is 54.2. The van der Waals surface area contributed by atoms with Crippen molar-refractivity contribution in [3.8, 4) is 34.5 Å². The number of para-hydroxylation sites is 1. The highest BCUT2D eigenvalue weighted by Crippen LogP contribution is 2.45. The van der Waals surface area contributed by atoms with Gasteiger partial charge < -0.3 is 54.0 Å². The lowest BCUT2D eigenvalue weighted by molar-refractivity contribution is -0.207. The minimum atomic E-state index is -0.885. The maximum absolute atomic E-state index is 12.3. The van der Waals surface area contributed by atoms with E-state index in [1.54, 1.807) is 48.5 Å². The van der Waals surface area contributed by atoms with Gasteiger partial charge in [0.25, 0.3) is 0 Å². The molecule has 15 nitrogen and oxygen atoms in total. The third-order valence-electron chi connectivity index (χ3n) is 27.4. The van der Waals surface area contributed by atoms with Crippen LogP contribution in [0.5, 0.6) is 34.5 Å². The van der Waals surface area contributed by atoms with E-state index in [0.717, 1.165) is 128 Å². The highest BCUT2D eigenvalue weighted by molar-refractivity contribution is 5.86. The van der Waals surface area contributed by atoms with Crippen molar-refractivity contribution in [1.82, 2.24) is 0 Å². The zero-order valence-electron chi connectivity index (χ0n) is 86.4. The van der Waals surface area contributed by atoms with Crippen molar-refractivity contribution >= 4 is 56.2 Å². The van der Waals surface area contributed by atoms with Crippen LogP contribution in [0.25, 0.3) is 32.3 Å². The molecule has 6 unspecified atom stereocenters. The summed E-state index contributed by atoms with van der Waals surface area (Å²) in [6, 6.07) is 88.1. The molecule has 0 aromatic heterocycles. The second-order valence-corrected chi connectivity index (χ2v) is 40.1. The first-order valence-electron chi connectivity index (χ1n) is 49.6. The zero-order valence-corrected chi connectivity index (χ0v) is 86.4. The molecule has 2 aliphatic rings. The van der Waals surface area contributed by atoms with E-state index in [-0.39, 0.29) is 41.3 Å². The molecule has 12 aromatic rings. The first kappa shape index (κ1) is 112. The largest absolute Gasteiger partial charge is 0.508 e. The van der Waals surface area contributed by atoms with Gasteiger partial charge in [-0.25, -0.2) is 0 Å². The van der Waals surface area contributed by atoms with Crippen LogP contribution in [0.2, 0.25) is 0 Å². The summed E-state index contributed by atoms with van der Waals surface area (Å²) in [6.07, 6.45) is 12.7. The van der Waals surface area contributed by atoms with Crippen LogP contribution in [-0.4, -0.2) is 56.0 Å². The predicted molar refractivity (Wildman–Crippen MR) is 562 cm³/mol. The zero-order chi connectivity index (χ0) is 101. The average molecular weight is 1860 g/mol. The van der Waals surface area contributed by atoms with Crippen LogP contribution in [0.4, 0.5) is 0 Å². The monoisotopic (exact) mass is 1860 g/mol. The molecule has 14 rings (SSSR count). The van der Waals surface area contributed by atoms with Crippen molar-refractivity contribution in [2.75, 3.05) is 6.61 Å². The van der Waals surface area contributed by atoms with E-state index >= 15 is 0 Å². The Morgan fingerprint density at radius 3 is 1.15 bits per heavy atom. The fourth-order valence-electron chi connectivity index (χ4n) is 14.8. The molecule has 1 saturated carbocycles. The number of ether oxygens (including phenoxy) is 6. The van der Waals surface area contributed by atoms with E-state index in [2.05, 4.69) is 159 Å². The van der Waals surface area contributed by atoms with Gasteiger partial charge in [-0.3, -0.25) is 19.2 Å². The second-order valence-electron chi connectivity index (χ2n) is 40.1. The minimum Gasteiger partial charge on any atom is -0.508 e. The summed E-state index contributed by atoms with van der Waals surface area (Å²) in [5.74, 6) is 4.11. The molecule has 0 bridgehead atoms. The number of phenolic OH excluding ortho intramolecular Hbond substituents is 4. The van der Waals surface area contributed by atoms with Crippen LogP contribution in [0.1, 0.15) is 342 Å². The molecule has 0 saturated heterocycles. The van der Waals surface area contributed by atoms with Gasteiger partial charge in [0.05, 0.1) is 33.9 Å². The van der Waals surface area contributed by atoms with Crippen LogP contribution in [0.3, 0.4) is 0 Å². The summed E-state index contributed by atoms with van der Waals surface area (Å²) in [5.41, 5.74) is 6.88. The lowest BCUT2D eigenvalue weighted by atomic mass is 9.79. The SMILES string of the molecule is CCC(C)(C)C(=O)OC(C)(C)c1ccc2ccccc2c1.CCC(C)(C)C(=O)OC(C)(C)c1ccc2ccccc2c1.CCC(C)(C)C(=O)OC1CCOc2ccccc21.CCC(C)(C)C(=O)Oc1ccc(O)cc1.CCC(C)c1ccc(C(O)OC2(c3ccccc3)CCCCC2)cc1.CCC(C)c1ccc(O)cc1.CCC(C)c1ccc(O)cc1.CCC(C)c1ccc2cc(O)ccc2c1. The molecule has 6 atom stereocenters. The fraction of sp³-hybridized carbons (Fsp3) is 0.426. The van der Waals surface area contributed by atoms with Gasteiger partial charge in [-0.1, -0.05) is 296 Å². The minimum absolute atomic E-state index is 0.133. The van der Waals surface area contributed by atoms with Gasteiger partial charge in [-0.15, -0.1) is 0 Å². The third-order valence-corrected chi connectivity index (χ3v) is 27.4. The summed E-state index contributed by atoms with van der Waals surface area (Å²) in [6.45, 7) is 49.1. The standard InChI is InChI=1S/C23H30O2.2C19H24O2.C15H20O3.C14H16O.C12H16O3.2C10H14O/c1-3-18(2)19-12-14-20(15-13-19)22(24)25-23(16-8-5-9-17-23)21-10-6-4-7-11-21;2*1-6-18(2,3)17(20)21-19(4,5)16-12-11-14-9-7-8-10-15(14)13-16;1-4-15(2,3)14(16)18-13-9-10-17-12-8-6-5-7-11(12)13;1-3-10(2)11-4-5-13-9-14(15)7-6-12(13)8-11;1-4-12(2,3)11(14)15-10-7-5-9(13)6-8-10;2*1-3-8(2)9-4-6-10(11)7-5-9/h4,6-7,10-15,18,22,24H,3,5,8-9,16-17H2,1-2H3;2*7-13H,6H2,1-5H3;5-8,13H,4,9-10H2,1-3H3;4-10,15H,3H2,1-2H3;5-8,13H,4H2,1-3H3;2*4-8,11H,3H2,1-2H3. The highest BCUT2D eigenvalue weighted by atomic mass is 16.6. The predicted octanol–water partition coefficient (Wildman–Crippen LogP) is 32.3. The van der Waals surface area contributed by atoms with E-state index < -0.39 is 39.2 Å². The summed E-state index contributed by atoms with van der Waals surface area (Å²) in [7, 11) is 0. The molecular formula is C122H158O15. The van der Waals surface area contributed by atoms with E-state index in [1.807, 2.05) is 220 Å². The maximum Gasteiger partial charge on any atom is 0.316 e. The number of aromatic hydroxyl groups is 4. The number of carbonyl (C=O) groups is 4. The smallest absolute Gasteiger partial charge is 0.316 e. The first-order chi connectivity index (χ1) is 64.8. The average Bonchev–Trinajstić information content (AvgIpc) is 0.847. The number of hydrogen-bond acceptors (Lipinski definition) is 15. The first-order valence-corrected chi connectivity index (χ1v) is 49.6. The van der Waals surface area contributed by atoms with Crippen molar-refractivity contribution in [2.45, 2.75) is 309 Å². The molecule has 12 aromatic carbocycles. The van der Waals surface area contributed by atoms with Gasteiger partial charge in [0, 0.05) is 17.5 Å². The summed E-state index contributed by atoms with van der Waals surface area (Å²) < 4.78 is 34.3. The van der Waals surface area contributed by atoms with Crippen molar-refractivity contribution in [3.05, 3.63) is 323 Å². The Balaban J connectivity index is 0.000000216. The van der Waals surface area contributed by atoms with E-state index in [0.29, 0.717) is 53.3 Å². The topological polar surface area (TPSA) is 225 Å². The van der Waals surface area contributed by atoms with Crippen molar-refractivity contribution in [2.24, 2.45) is 21.7 Å². The number of benzene rings is 12.